The van der Waals surface area contributed by atoms with Crippen LogP contribution in [-0.4, -0.2) is 36.8 Å². The Morgan fingerprint density at radius 2 is 1.64 bits per heavy atom. The number of sulfone groups is 1. The van der Waals surface area contributed by atoms with Crippen molar-refractivity contribution in [1.82, 2.24) is 9.97 Å². The molecule has 1 saturated heterocycles. The molecule has 0 aliphatic carbocycles. The first-order chi connectivity index (χ1) is 13.6. The van der Waals surface area contributed by atoms with Crippen LogP contribution in [0.4, 0.5) is 11.6 Å². The average molecular weight is 395 g/mol. The largest absolute Gasteiger partial charge is 0.381 e. The molecule has 0 radical (unpaired) electrons. The fraction of sp³-hybridized carbons (Fsp3) is 0.238. The number of hydrogen-bond donors (Lipinski definition) is 1. The van der Waals surface area contributed by atoms with Crippen LogP contribution < -0.4 is 5.32 Å². The first-order valence-electron chi connectivity index (χ1n) is 9.20. The lowest BCUT2D eigenvalue weighted by atomic mass is 10.1. The van der Waals surface area contributed by atoms with Gasteiger partial charge in [-0.3, -0.25) is 0 Å². The van der Waals surface area contributed by atoms with Crippen molar-refractivity contribution in [2.45, 2.75) is 23.0 Å². The van der Waals surface area contributed by atoms with Gasteiger partial charge in [0.05, 0.1) is 15.8 Å². The summed E-state index contributed by atoms with van der Waals surface area (Å²) in [6, 6.07) is 18.4. The van der Waals surface area contributed by atoms with Gasteiger partial charge in [0.15, 0.2) is 9.84 Å². The Hall–Kier alpha value is -2.77. The maximum atomic E-state index is 12.8. The van der Waals surface area contributed by atoms with Crippen LogP contribution in [0.3, 0.4) is 0 Å². The van der Waals surface area contributed by atoms with E-state index in [1.54, 1.807) is 36.5 Å². The number of rotatable bonds is 5. The second kappa shape index (κ2) is 8.08. The van der Waals surface area contributed by atoms with Crippen LogP contribution >= 0.6 is 0 Å². The van der Waals surface area contributed by atoms with Gasteiger partial charge in [0.1, 0.15) is 0 Å². The zero-order valence-corrected chi connectivity index (χ0v) is 16.1. The third-order valence-electron chi connectivity index (χ3n) is 4.77. The lowest BCUT2D eigenvalue weighted by molar-refractivity contribution is 0.0983. The van der Waals surface area contributed by atoms with Crippen LogP contribution in [0, 0.1) is 0 Å². The topological polar surface area (TPSA) is 81.2 Å². The summed E-state index contributed by atoms with van der Waals surface area (Å²) in [5.74, 6) is 0.489. The Bertz CT molecular complexity index is 1030. The Balaban J connectivity index is 1.55. The van der Waals surface area contributed by atoms with Crippen molar-refractivity contribution in [3.8, 4) is 11.3 Å². The highest BCUT2D eigenvalue weighted by atomic mass is 32.2. The van der Waals surface area contributed by atoms with Crippen LogP contribution in [0.15, 0.2) is 71.8 Å². The first kappa shape index (κ1) is 18.6. The second-order valence-corrected chi connectivity index (χ2v) is 8.87. The quantitative estimate of drug-likeness (QED) is 0.707. The Kier molecular flexibility index (Phi) is 5.36. The number of benzene rings is 2. The number of nitrogens with one attached hydrogen (secondary N) is 1. The molecule has 0 bridgehead atoms. The Labute approximate surface area is 164 Å². The van der Waals surface area contributed by atoms with Crippen molar-refractivity contribution >= 4 is 21.5 Å². The number of hydrogen-bond acceptors (Lipinski definition) is 6. The molecule has 2 aromatic carbocycles. The van der Waals surface area contributed by atoms with Crippen molar-refractivity contribution < 1.29 is 13.2 Å². The smallest absolute Gasteiger partial charge is 0.227 e. The lowest BCUT2D eigenvalue weighted by Crippen LogP contribution is -2.28. The number of aromatic nitrogens is 2. The zero-order valence-electron chi connectivity index (χ0n) is 15.3. The lowest BCUT2D eigenvalue weighted by Gasteiger charge is -2.22. The normalized spacial score (nSPS) is 15.3. The fourth-order valence-electron chi connectivity index (χ4n) is 3.22. The minimum atomic E-state index is -3.33. The van der Waals surface area contributed by atoms with Crippen molar-refractivity contribution in [3.63, 3.8) is 0 Å². The average Bonchev–Trinajstić information content (AvgIpc) is 2.75. The molecule has 1 aliphatic rings. The summed E-state index contributed by atoms with van der Waals surface area (Å²) in [4.78, 5) is 9.13. The standard InChI is InChI=1S/C21H21N3O3S/c25-28(26,19-11-14-27-15-12-19)18-8-6-16(7-9-18)20-10-13-22-21(24-20)23-17-4-2-1-3-5-17/h1-10,13,19H,11-12,14-15H2,(H,22,23,24). The maximum Gasteiger partial charge on any atom is 0.227 e. The van der Waals surface area contributed by atoms with Gasteiger partial charge in [-0.15, -0.1) is 0 Å². The molecule has 0 spiro atoms. The monoisotopic (exact) mass is 395 g/mol. The van der Waals surface area contributed by atoms with E-state index < -0.39 is 9.84 Å². The number of anilines is 2. The Morgan fingerprint density at radius 1 is 0.929 bits per heavy atom. The molecule has 2 heterocycles. The molecule has 7 heteroatoms. The van der Waals surface area contributed by atoms with Gasteiger partial charge in [-0.2, -0.15) is 0 Å². The van der Waals surface area contributed by atoms with Crippen molar-refractivity contribution in [3.05, 3.63) is 66.9 Å². The SMILES string of the molecule is O=S(=O)(c1ccc(-c2ccnc(Nc3ccccc3)n2)cc1)C1CCOCC1. The van der Waals surface area contributed by atoms with E-state index in [2.05, 4.69) is 15.3 Å². The van der Waals surface area contributed by atoms with Crippen molar-refractivity contribution in [2.24, 2.45) is 0 Å². The summed E-state index contributed by atoms with van der Waals surface area (Å²) in [6.07, 6.45) is 2.77. The van der Waals surface area contributed by atoms with E-state index in [1.165, 1.54) is 0 Å². The predicted octanol–water partition coefficient (Wildman–Crippen LogP) is 3.84. The highest BCUT2D eigenvalue weighted by Crippen LogP contribution is 2.26. The molecule has 1 N–H and O–H groups in total. The Morgan fingerprint density at radius 3 is 2.36 bits per heavy atom. The van der Waals surface area contributed by atoms with Crippen LogP contribution in [0.25, 0.3) is 11.3 Å². The fourth-order valence-corrected chi connectivity index (χ4v) is 4.94. The van der Waals surface area contributed by atoms with Gasteiger partial charge >= 0.3 is 0 Å². The van der Waals surface area contributed by atoms with Gasteiger partial charge in [0.2, 0.25) is 5.95 Å². The molecule has 144 valence electrons. The third kappa shape index (κ3) is 4.05. The number of nitrogens with zero attached hydrogens (tertiary/aromatic N) is 2. The van der Waals surface area contributed by atoms with Crippen LogP contribution in [0.2, 0.25) is 0 Å². The molecule has 0 atom stereocenters. The van der Waals surface area contributed by atoms with Gasteiger partial charge in [-0.1, -0.05) is 30.3 Å². The van der Waals surface area contributed by atoms with E-state index in [4.69, 9.17) is 4.74 Å². The molecule has 1 fully saturated rings. The summed E-state index contributed by atoms with van der Waals surface area (Å²) < 4.78 is 30.9. The molecule has 6 nitrogen and oxygen atoms in total. The van der Waals surface area contributed by atoms with E-state index in [-0.39, 0.29) is 5.25 Å². The molecule has 0 unspecified atom stereocenters. The van der Waals surface area contributed by atoms with Crippen molar-refractivity contribution in [2.75, 3.05) is 18.5 Å². The van der Waals surface area contributed by atoms with Crippen LogP contribution in [0.5, 0.6) is 0 Å². The van der Waals surface area contributed by atoms with Gasteiger partial charge < -0.3 is 10.1 Å². The molecular formula is C21H21N3O3S. The summed E-state index contributed by atoms with van der Waals surface area (Å²) in [7, 11) is -3.33. The molecule has 28 heavy (non-hydrogen) atoms. The second-order valence-electron chi connectivity index (χ2n) is 6.64. The third-order valence-corrected chi connectivity index (χ3v) is 7.05. The summed E-state index contributed by atoms with van der Waals surface area (Å²) in [6.45, 7) is 1.00. The predicted molar refractivity (Wildman–Crippen MR) is 108 cm³/mol. The summed E-state index contributed by atoms with van der Waals surface area (Å²) >= 11 is 0. The van der Waals surface area contributed by atoms with E-state index in [0.29, 0.717) is 36.9 Å². The minimum Gasteiger partial charge on any atom is -0.381 e. The molecular weight excluding hydrogens is 374 g/mol. The first-order valence-corrected chi connectivity index (χ1v) is 10.7. The molecule has 4 rings (SSSR count). The van der Waals surface area contributed by atoms with Crippen molar-refractivity contribution in [1.29, 1.82) is 0 Å². The molecule has 3 aromatic rings. The van der Waals surface area contributed by atoms with Gasteiger partial charge in [-0.05, 0) is 43.2 Å². The van der Waals surface area contributed by atoms with E-state index in [1.807, 2.05) is 30.3 Å². The molecule has 0 amide bonds. The van der Waals surface area contributed by atoms with Crippen LogP contribution in [0.1, 0.15) is 12.8 Å². The van der Waals surface area contributed by atoms with Crippen LogP contribution in [-0.2, 0) is 14.6 Å². The van der Waals surface area contributed by atoms with E-state index in [0.717, 1.165) is 16.9 Å². The highest BCUT2D eigenvalue weighted by molar-refractivity contribution is 7.92. The zero-order chi connectivity index (χ0) is 19.4. The number of ether oxygens (including phenoxy) is 1. The molecule has 0 saturated carbocycles. The van der Waals surface area contributed by atoms with E-state index >= 15 is 0 Å². The highest BCUT2D eigenvalue weighted by Gasteiger charge is 2.29. The minimum absolute atomic E-state index is 0.347. The molecule has 1 aromatic heterocycles. The van der Waals surface area contributed by atoms with Gasteiger partial charge in [0.25, 0.3) is 0 Å². The number of para-hydroxylation sites is 1. The van der Waals surface area contributed by atoms with E-state index in [9.17, 15) is 8.42 Å². The summed E-state index contributed by atoms with van der Waals surface area (Å²) in [5.41, 5.74) is 2.46. The summed E-state index contributed by atoms with van der Waals surface area (Å²) in [5, 5.41) is 2.80. The van der Waals surface area contributed by atoms with Gasteiger partial charge in [-0.25, -0.2) is 18.4 Å². The maximum absolute atomic E-state index is 12.8. The van der Waals surface area contributed by atoms with Gasteiger partial charge in [0, 0.05) is 30.7 Å². The molecule has 1 aliphatic heterocycles.